The van der Waals surface area contributed by atoms with Crippen LogP contribution in [0.2, 0.25) is 0 Å². The van der Waals surface area contributed by atoms with Gasteiger partial charge in [0, 0.05) is 42.2 Å². The third kappa shape index (κ3) is 2.55. The Labute approximate surface area is 124 Å². The molecule has 2 N–H and O–H groups in total. The first kappa shape index (κ1) is 13.9. The Morgan fingerprint density at radius 1 is 1.40 bits per heavy atom. The summed E-state index contributed by atoms with van der Waals surface area (Å²) in [4.78, 5) is 6.85. The SMILES string of the molecule is CN(C1CCSC1)C(CN)c1cncc2ccccc12. The van der Waals surface area contributed by atoms with Gasteiger partial charge >= 0.3 is 0 Å². The highest BCUT2D eigenvalue weighted by molar-refractivity contribution is 7.99. The number of hydrogen-bond donors (Lipinski definition) is 1. The fourth-order valence-electron chi connectivity index (χ4n) is 3.02. The molecule has 0 amide bonds. The number of nitrogens with zero attached hydrogens (tertiary/aromatic N) is 2. The monoisotopic (exact) mass is 287 g/mol. The van der Waals surface area contributed by atoms with Gasteiger partial charge in [-0.1, -0.05) is 24.3 Å². The molecule has 1 aliphatic rings. The second kappa shape index (κ2) is 6.12. The molecule has 2 aromatic rings. The molecule has 0 saturated carbocycles. The lowest BCUT2D eigenvalue weighted by molar-refractivity contribution is 0.193. The Morgan fingerprint density at radius 3 is 3.00 bits per heavy atom. The van der Waals surface area contributed by atoms with Crippen LogP contribution < -0.4 is 5.73 Å². The van der Waals surface area contributed by atoms with E-state index in [1.165, 1.54) is 34.3 Å². The Hall–Kier alpha value is -1.10. The van der Waals surface area contributed by atoms with Crippen molar-refractivity contribution in [3.8, 4) is 0 Å². The summed E-state index contributed by atoms with van der Waals surface area (Å²) in [5.41, 5.74) is 7.34. The van der Waals surface area contributed by atoms with Crippen LogP contribution >= 0.6 is 11.8 Å². The van der Waals surface area contributed by atoms with Gasteiger partial charge in [0.2, 0.25) is 0 Å². The van der Waals surface area contributed by atoms with E-state index in [4.69, 9.17) is 5.73 Å². The molecule has 1 saturated heterocycles. The molecule has 0 aliphatic carbocycles. The van der Waals surface area contributed by atoms with E-state index in [2.05, 4.69) is 41.2 Å². The summed E-state index contributed by atoms with van der Waals surface area (Å²) in [6.45, 7) is 0.632. The standard InChI is InChI=1S/C16H21N3S/c1-19(13-6-7-20-11-13)16(8-17)15-10-18-9-12-4-2-3-5-14(12)15/h2-5,9-10,13,16H,6-8,11,17H2,1H3. The number of hydrogen-bond acceptors (Lipinski definition) is 4. The summed E-state index contributed by atoms with van der Waals surface area (Å²) >= 11 is 2.04. The Balaban J connectivity index is 1.98. The van der Waals surface area contributed by atoms with Crippen LogP contribution in [0.5, 0.6) is 0 Å². The van der Waals surface area contributed by atoms with Crippen molar-refractivity contribution in [1.29, 1.82) is 0 Å². The Bertz CT molecular complexity index is 575. The topological polar surface area (TPSA) is 42.1 Å². The fourth-order valence-corrected chi connectivity index (χ4v) is 4.30. The molecule has 2 heterocycles. The lowest BCUT2D eigenvalue weighted by Crippen LogP contribution is -2.38. The number of thioether (sulfide) groups is 1. The lowest BCUT2D eigenvalue weighted by atomic mass is 9.99. The van der Waals surface area contributed by atoms with Gasteiger partial charge in [0.1, 0.15) is 0 Å². The highest BCUT2D eigenvalue weighted by atomic mass is 32.2. The van der Waals surface area contributed by atoms with Gasteiger partial charge in [-0.2, -0.15) is 11.8 Å². The third-order valence-electron chi connectivity index (χ3n) is 4.25. The smallest absolute Gasteiger partial charge is 0.0492 e. The van der Waals surface area contributed by atoms with Crippen LogP contribution in [0.3, 0.4) is 0 Å². The molecule has 2 unspecified atom stereocenters. The molecule has 1 fully saturated rings. The maximum Gasteiger partial charge on any atom is 0.0492 e. The summed E-state index contributed by atoms with van der Waals surface area (Å²) in [7, 11) is 2.20. The van der Waals surface area contributed by atoms with Crippen LogP contribution in [0, 0.1) is 0 Å². The molecule has 0 radical (unpaired) electrons. The van der Waals surface area contributed by atoms with Crippen LogP contribution in [-0.4, -0.2) is 41.0 Å². The zero-order valence-corrected chi connectivity index (χ0v) is 12.6. The molecule has 2 atom stereocenters. The van der Waals surface area contributed by atoms with E-state index < -0.39 is 0 Å². The average Bonchev–Trinajstić information content (AvgIpc) is 3.02. The minimum atomic E-state index is 0.247. The zero-order valence-electron chi connectivity index (χ0n) is 11.8. The number of pyridine rings is 1. The minimum absolute atomic E-state index is 0.247. The Morgan fingerprint density at radius 2 is 2.25 bits per heavy atom. The van der Waals surface area contributed by atoms with Crippen molar-refractivity contribution >= 4 is 22.5 Å². The van der Waals surface area contributed by atoms with Gasteiger partial charge in [-0.25, -0.2) is 0 Å². The van der Waals surface area contributed by atoms with Crippen molar-refractivity contribution in [2.24, 2.45) is 5.73 Å². The normalized spacial score (nSPS) is 20.6. The quantitative estimate of drug-likeness (QED) is 0.939. The zero-order chi connectivity index (χ0) is 13.9. The van der Waals surface area contributed by atoms with E-state index in [1.807, 2.05) is 24.2 Å². The van der Waals surface area contributed by atoms with Crippen LogP contribution in [0.1, 0.15) is 18.0 Å². The summed E-state index contributed by atoms with van der Waals surface area (Å²) in [6.07, 6.45) is 5.17. The average molecular weight is 287 g/mol. The van der Waals surface area contributed by atoms with Crippen molar-refractivity contribution in [3.63, 3.8) is 0 Å². The van der Waals surface area contributed by atoms with Gasteiger partial charge in [-0.15, -0.1) is 0 Å². The minimum Gasteiger partial charge on any atom is -0.329 e. The summed E-state index contributed by atoms with van der Waals surface area (Å²) in [5.74, 6) is 2.48. The van der Waals surface area contributed by atoms with E-state index in [9.17, 15) is 0 Å². The number of fused-ring (bicyclic) bond motifs is 1. The van der Waals surface area contributed by atoms with Crippen molar-refractivity contribution in [1.82, 2.24) is 9.88 Å². The highest BCUT2D eigenvalue weighted by Crippen LogP contribution is 2.31. The molecule has 1 aromatic heterocycles. The first-order valence-corrected chi connectivity index (χ1v) is 8.29. The van der Waals surface area contributed by atoms with E-state index in [0.717, 1.165) is 0 Å². The van der Waals surface area contributed by atoms with E-state index in [0.29, 0.717) is 12.6 Å². The number of rotatable bonds is 4. The van der Waals surface area contributed by atoms with Gasteiger partial charge in [-0.05, 0) is 30.2 Å². The molecule has 0 spiro atoms. The number of nitrogens with two attached hydrogens (primary N) is 1. The molecule has 1 aliphatic heterocycles. The van der Waals surface area contributed by atoms with Crippen molar-refractivity contribution in [2.45, 2.75) is 18.5 Å². The van der Waals surface area contributed by atoms with Crippen molar-refractivity contribution in [2.75, 3.05) is 25.1 Å². The molecule has 3 rings (SSSR count). The maximum atomic E-state index is 6.09. The van der Waals surface area contributed by atoms with E-state index in [-0.39, 0.29) is 6.04 Å². The van der Waals surface area contributed by atoms with Crippen LogP contribution in [-0.2, 0) is 0 Å². The van der Waals surface area contributed by atoms with E-state index >= 15 is 0 Å². The first-order valence-electron chi connectivity index (χ1n) is 7.13. The lowest BCUT2D eigenvalue weighted by Gasteiger charge is -2.32. The number of benzene rings is 1. The summed E-state index contributed by atoms with van der Waals surface area (Å²) < 4.78 is 0. The van der Waals surface area contributed by atoms with Crippen LogP contribution in [0.25, 0.3) is 10.8 Å². The van der Waals surface area contributed by atoms with Crippen molar-refractivity contribution in [3.05, 3.63) is 42.2 Å². The second-order valence-electron chi connectivity index (χ2n) is 5.38. The van der Waals surface area contributed by atoms with Gasteiger partial charge in [0.25, 0.3) is 0 Å². The Kier molecular flexibility index (Phi) is 4.24. The predicted molar refractivity (Wildman–Crippen MR) is 87.0 cm³/mol. The molecule has 0 bridgehead atoms. The molecule has 20 heavy (non-hydrogen) atoms. The largest absolute Gasteiger partial charge is 0.329 e. The number of likely N-dealkylation sites (N-methyl/N-ethyl adjacent to an activating group) is 1. The summed E-state index contributed by atoms with van der Waals surface area (Å²) in [5, 5.41) is 2.47. The van der Waals surface area contributed by atoms with Gasteiger partial charge in [0.15, 0.2) is 0 Å². The van der Waals surface area contributed by atoms with E-state index in [1.54, 1.807) is 0 Å². The first-order chi connectivity index (χ1) is 9.81. The van der Waals surface area contributed by atoms with Crippen LogP contribution in [0.15, 0.2) is 36.7 Å². The molecule has 3 nitrogen and oxygen atoms in total. The molecule has 106 valence electrons. The van der Waals surface area contributed by atoms with Gasteiger partial charge in [-0.3, -0.25) is 9.88 Å². The molecule has 1 aromatic carbocycles. The molecular weight excluding hydrogens is 266 g/mol. The fraction of sp³-hybridized carbons (Fsp3) is 0.438. The maximum absolute atomic E-state index is 6.09. The van der Waals surface area contributed by atoms with Crippen LogP contribution in [0.4, 0.5) is 0 Å². The van der Waals surface area contributed by atoms with Crippen molar-refractivity contribution < 1.29 is 0 Å². The number of aromatic nitrogens is 1. The molecular formula is C16H21N3S. The molecule has 4 heteroatoms. The third-order valence-corrected chi connectivity index (χ3v) is 5.40. The predicted octanol–water partition coefficient (Wildman–Crippen LogP) is 2.67. The van der Waals surface area contributed by atoms with Gasteiger partial charge < -0.3 is 5.73 Å². The van der Waals surface area contributed by atoms with Gasteiger partial charge in [0.05, 0.1) is 0 Å². The second-order valence-corrected chi connectivity index (χ2v) is 6.53. The highest BCUT2D eigenvalue weighted by Gasteiger charge is 2.27. The summed E-state index contributed by atoms with van der Waals surface area (Å²) in [6, 6.07) is 9.31.